The van der Waals surface area contributed by atoms with Crippen molar-refractivity contribution in [1.82, 2.24) is 19.9 Å². The zero-order chi connectivity index (χ0) is 31.5. The van der Waals surface area contributed by atoms with Crippen molar-refractivity contribution in [3.05, 3.63) is 47.7 Å². The van der Waals surface area contributed by atoms with Crippen LogP contribution in [0.1, 0.15) is 37.7 Å². The average Bonchev–Trinajstić information content (AvgIpc) is 3.73. The van der Waals surface area contributed by atoms with Crippen molar-refractivity contribution in [1.29, 1.82) is 0 Å². The number of benzene rings is 2. The Morgan fingerprint density at radius 3 is 2.69 bits per heavy atom. The van der Waals surface area contributed by atoms with Crippen molar-refractivity contribution >= 4 is 27.5 Å². The highest BCUT2D eigenvalue weighted by atomic mass is 19.3. The fourth-order valence-electron chi connectivity index (χ4n) is 7.66. The van der Waals surface area contributed by atoms with E-state index in [-0.39, 0.29) is 70.1 Å². The molecule has 4 heterocycles. The Hall–Kier alpha value is -4.24. The molecule has 1 N–H and O–H groups in total. The number of phenols is 1. The van der Waals surface area contributed by atoms with E-state index in [1.165, 1.54) is 30.5 Å². The summed E-state index contributed by atoms with van der Waals surface area (Å²) in [6, 6.07) is 4.57. The van der Waals surface area contributed by atoms with Crippen LogP contribution in [0.15, 0.2) is 30.5 Å². The highest BCUT2D eigenvalue weighted by molar-refractivity contribution is 6.03. The van der Waals surface area contributed by atoms with Gasteiger partial charge in [0.2, 0.25) is 0 Å². The fraction of sp³-hybridized carbons (Fsp3) is 0.424. The number of rotatable bonds is 6. The number of alkyl halides is 3. The summed E-state index contributed by atoms with van der Waals surface area (Å²) in [5.41, 5.74) is -2.14. The van der Waals surface area contributed by atoms with Gasteiger partial charge in [-0.3, -0.25) is 9.88 Å². The Morgan fingerprint density at radius 1 is 1.20 bits per heavy atom. The van der Waals surface area contributed by atoms with E-state index in [0.29, 0.717) is 31.3 Å². The van der Waals surface area contributed by atoms with E-state index in [9.17, 15) is 22.7 Å². The number of aromatic hydroxyl groups is 1. The molecule has 7 nitrogen and oxygen atoms in total. The van der Waals surface area contributed by atoms with Crippen molar-refractivity contribution in [3.8, 4) is 35.4 Å². The van der Waals surface area contributed by atoms with Gasteiger partial charge in [0.15, 0.2) is 5.82 Å². The maximum Gasteiger partial charge on any atom is 0.319 e. The zero-order valence-electron chi connectivity index (χ0n) is 24.3. The van der Waals surface area contributed by atoms with Crippen LogP contribution >= 0.6 is 0 Å². The summed E-state index contributed by atoms with van der Waals surface area (Å²) >= 11 is 0. The van der Waals surface area contributed by atoms with E-state index in [1.807, 2.05) is 0 Å². The topological polar surface area (TPSA) is 74.6 Å². The third kappa shape index (κ3) is 4.16. The van der Waals surface area contributed by atoms with Gasteiger partial charge in [-0.1, -0.05) is 12.0 Å². The van der Waals surface area contributed by atoms with Crippen LogP contribution in [0.5, 0.6) is 11.8 Å². The second-order valence-corrected chi connectivity index (χ2v) is 13.0. The molecule has 0 unspecified atom stereocenters. The maximum absolute atomic E-state index is 16.6. The van der Waals surface area contributed by atoms with Crippen LogP contribution in [0.3, 0.4) is 0 Å². The van der Waals surface area contributed by atoms with Crippen molar-refractivity contribution in [2.45, 2.75) is 55.8 Å². The Balaban J connectivity index is 1.24. The highest BCUT2D eigenvalue weighted by Crippen LogP contribution is 2.69. The molecular weight excluding hydrogens is 593 g/mol. The van der Waals surface area contributed by atoms with Crippen LogP contribution in [0.25, 0.3) is 32.9 Å². The number of phenolic OH excluding ortho intramolecular Hbond substituents is 1. The predicted octanol–water partition coefficient (Wildman–Crippen LogP) is 6.00. The van der Waals surface area contributed by atoms with Gasteiger partial charge in [-0.25, -0.2) is 22.0 Å². The minimum Gasteiger partial charge on any atom is -0.508 e. The SMILES string of the molecule is C#Cc1c(F)ccc2cc(O)cc(-c3ncc4c(N(C)[C@@H]5C[C@H]5F)nc(OC[C@@]56CCCN5C[C@@]5(CC5(F)F)C6)nc4c3F)c12. The van der Waals surface area contributed by atoms with Gasteiger partial charge < -0.3 is 14.7 Å². The van der Waals surface area contributed by atoms with Gasteiger partial charge in [0.05, 0.1) is 27.9 Å². The summed E-state index contributed by atoms with van der Waals surface area (Å²) in [4.78, 5) is 16.9. The largest absolute Gasteiger partial charge is 0.508 e. The number of anilines is 1. The smallest absolute Gasteiger partial charge is 0.319 e. The molecule has 2 saturated carbocycles. The molecule has 4 aromatic rings. The molecule has 232 valence electrons. The van der Waals surface area contributed by atoms with Crippen LogP contribution in [0.4, 0.5) is 27.8 Å². The number of ether oxygens (including phenoxy) is 1. The number of pyridine rings is 1. The van der Waals surface area contributed by atoms with E-state index < -0.39 is 40.7 Å². The van der Waals surface area contributed by atoms with Crippen LogP contribution in [-0.4, -0.2) is 75.4 Å². The standard InChI is InChI=1S/C33H28F5N5O2/c1-3-19-22(34)6-5-17-9-18(44)10-20(25(17)19)27-26(36)28-21(12-39-27)29(42(2)24-11-23(24)35)41-30(40-28)45-16-32-7-4-8-43(32)15-31(13-32)14-33(31,37)38/h1,5-6,9-10,12,23-24,44H,4,7-8,11,13-16H2,2H3/t23-,24-,31+,32+/m1/s1. The van der Waals surface area contributed by atoms with Crippen molar-refractivity contribution in [3.63, 3.8) is 0 Å². The van der Waals surface area contributed by atoms with E-state index in [4.69, 9.17) is 11.2 Å². The lowest BCUT2D eigenvalue weighted by atomic mass is 9.89. The fourth-order valence-corrected chi connectivity index (χ4v) is 7.66. The summed E-state index contributed by atoms with van der Waals surface area (Å²) in [7, 11) is 1.64. The first-order valence-corrected chi connectivity index (χ1v) is 14.9. The molecule has 2 saturated heterocycles. The third-order valence-electron chi connectivity index (χ3n) is 10.2. The molecule has 12 heteroatoms. The predicted molar refractivity (Wildman–Crippen MR) is 157 cm³/mol. The lowest BCUT2D eigenvalue weighted by Crippen LogP contribution is -2.43. The van der Waals surface area contributed by atoms with Crippen LogP contribution in [-0.2, 0) is 0 Å². The number of halogens is 5. The molecule has 2 aromatic heterocycles. The summed E-state index contributed by atoms with van der Waals surface area (Å²) < 4.78 is 80.3. The van der Waals surface area contributed by atoms with Crippen molar-refractivity contribution < 1.29 is 31.8 Å². The minimum atomic E-state index is -2.70. The van der Waals surface area contributed by atoms with Crippen LogP contribution in [0.2, 0.25) is 0 Å². The molecule has 0 amide bonds. The minimum absolute atomic E-state index is 0.0379. The molecule has 2 aliphatic heterocycles. The number of hydrogen-bond acceptors (Lipinski definition) is 7. The summed E-state index contributed by atoms with van der Waals surface area (Å²) in [5, 5.41) is 11.2. The highest BCUT2D eigenvalue weighted by Gasteiger charge is 2.77. The quantitative estimate of drug-likeness (QED) is 0.209. The Morgan fingerprint density at radius 2 is 1.98 bits per heavy atom. The first kappa shape index (κ1) is 28.2. The Bertz CT molecular complexity index is 1970. The molecule has 4 atom stereocenters. The maximum atomic E-state index is 16.6. The summed E-state index contributed by atoms with van der Waals surface area (Å²) in [6.07, 6.45) is 7.83. The lowest BCUT2D eigenvalue weighted by Gasteiger charge is -2.31. The van der Waals surface area contributed by atoms with Crippen molar-refractivity contribution in [2.75, 3.05) is 31.6 Å². The summed E-state index contributed by atoms with van der Waals surface area (Å²) in [6.45, 7) is 1.03. The van der Waals surface area contributed by atoms with E-state index in [2.05, 4.69) is 25.8 Å². The van der Waals surface area contributed by atoms with E-state index in [0.717, 1.165) is 6.42 Å². The first-order valence-electron chi connectivity index (χ1n) is 14.9. The molecule has 4 fully saturated rings. The second kappa shape index (κ2) is 9.39. The molecule has 45 heavy (non-hydrogen) atoms. The molecule has 8 rings (SSSR count). The van der Waals surface area contributed by atoms with Gasteiger partial charge in [-0.2, -0.15) is 9.97 Å². The molecule has 0 bridgehead atoms. The van der Waals surface area contributed by atoms with Crippen molar-refractivity contribution in [2.24, 2.45) is 5.41 Å². The first-order chi connectivity index (χ1) is 21.5. The molecule has 1 spiro atoms. The Labute approximate surface area is 255 Å². The number of hydrogen-bond donors (Lipinski definition) is 1. The van der Waals surface area contributed by atoms with Gasteiger partial charge in [0.25, 0.3) is 5.92 Å². The monoisotopic (exact) mass is 621 g/mol. The number of terminal acetylenes is 1. The average molecular weight is 622 g/mol. The van der Waals surface area contributed by atoms with E-state index in [1.54, 1.807) is 11.9 Å². The van der Waals surface area contributed by atoms with Gasteiger partial charge in [0, 0.05) is 43.6 Å². The normalized spacial score (nSPS) is 28.0. The molecule has 0 radical (unpaired) electrons. The second-order valence-electron chi connectivity index (χ2n) is 13.0. The molecule has 4 aliphatic rings. The van der Waals surface area contributed by atoms with Crippen LogP contribution in [0, 0.1) is 29.4 Å². The Kier molecular flexibility index (Phi) is 5.89. The van der Waals surface area contributed by atoms with Gasteiger partial charge in [-0.15, -0.1) is 6.42 Å². The third-order valence-corrected chi connectivity index (χ3v) is 10.2. The van der Waals surface area contributed by atoms with Gasteiger partial charge in [-0.05, 0) is 49.4 Å². The van der Waals surface area contributed by atoms with Crippen LogP contribution < -0.4 is 9.64 Å². The number of fused-ring (bicyclic) bond motifs is 3. The number of nitrogens with zero attached hydrogens (tertiary/aromatic N) is 5. The number of aromatic nitrogens is 3. The molecule has 2 aliphatic carbocycles. The molecular formula is C33H28F5N5O2. The zero-order valence-corrected chi connectivity index (χ0v) is 24.3. The van der Waals surface area contributed by atoms with E-state index >= 15 is 4.39 Å². The van der Waals surface area contributed by atoms with Gasteiger partial charge >= 0.3 is 6.01 Å². The lowest BCUT2D eigenvalue weighted by molar-refractivity contribution is 0.0647. The summed E-state index contributed by atoms with van der Waals surface area (Å²) in [5.74, 6) is -1.99. The van der Waals surface area contributed by atoms with Gasteiger partial charge in [0.1, 0.15) is 41.4 Å². The molecule has 2 aromatic carbocycles.